The first kappa shape index (κ1) is 18.3. The number of nitrogens with two attached hydrogens (primary N) is 1. The van der Waals surface area contributed by atoms with Crippen LogP contribution in [0.3, 0.4) is 0 Å². The molecule has 144 valence electrons. The van der Waals surface area contributed by atoms with Gasteiger partial charge in [-0.15, -0.1) is 0 Å². The molecule has 1 amide bonds. The lowest BCUT2D eigenvalue weighted by Crippen LogP contribution is -2.45. The van der Waals surface area contributed by atoms with E-state index in [1.54, 1.807) is 30.7 Å². The van der Waals surface area contributed by atoms with Gasteiger partial charge in [0.05, 0.1) is 5.52 Å². The number of rotatable bonds is 5. The van der Waals surface area contributed by atoms with E-state index in [-0.39, 0.29) is 12.5 Å². The fourth-order valence-electron chi connectivity index (χ4n) is 3.60. The number of amides is 1. The van der Waals surface area contributed by atoms with Gasteiger partial charge in [0.25, 0.3) is 5.91 Å². The molecule has 28 heavy (non-hydrogen) atoms. The van der Waals surface area contributed by atoms with Crippen molar-refractivity contribution in [2.75, 3.05) is 24.5 Å². The molecule has 7 heteroatoms. The second-order valence-electron chi connectivity index (χ2n) is 7.20. The molecule has 0 aliphatic carbocycles. The highest BCUT2D eigenvalue weighted by molar-refractivity contribution is 5.94. The standard InChI is InChI=1S/C21H23N5O2/c22-11-15-1-3-16(4-2-15)20(27)25-13-21(28)7-10-26(14-21)19-6-9-24-18-5-8-23-12-17(18)19/h1-6,8-9,12,28H,7,10-11,13-14,22H2,(H,25,27). The second kappa shape index (κ2) is 7.53. The Bertz CT molecular complexity index is 986. The number of aromatic nitrogens is 2. The highest BCUT2D eigenvalue weighted by atomic mass is 16.3. The molecule has 0 bridgehead atoms. The number of aliphatic hydroxyl groups is 1. The number of hydrogen-bond acceptors (Lipinski definition) is 6. The van der Waals surface area contributed by atoms with E-state index in [9.17, 15) is 9.90 Å². The van der Waals surface area contributed by atoms with Gasteiger partial charge in [0.15, 0.2) is 0 Å². The summed E-state index contributed by atoms with van der Waals surface area (Å²) in [6.07, 6.45) is 5.85. The molecule has 1 aliphatic heterocycles. The van der Waals surface area contributed by atoms with E-state index in [1.165, 1.54) is 0 Å². The molecular weight excluding hydrogens is 354 g/mol. The summed E-state index contributed by atoms with van der Waals surface area (Å²) in [5.74, 6) is -0.200. The van der Waals surface area contributed by atoms with Gasteiger partial charge in [-0.05, 0) is 36.2 Å². The maximum absolute atomic E-state index is 12.4. The van der Waals surface area contributed by atoms with Crippen molar-refractivity contribution >= 4 is 22.5 Å². The third-order valence-corrected chi connectivity index (χ3v) is 5.22. The zero-order valence-electron chi connectivity index (χ0n) is 15.5. The minimum Gasteiger partial charge on any atom is -0.386 e. The minimum atomic E-state index is -0.981. The number of β-amino-alcohol motifs (C(OH)–C–C–N with tert-alkyl or cyclic N) is 1. The van der Waals surface area contributed by atoms with Crippen molar-refractivity contribution < 1.29 is 9.90 Å². The van der Waals surface area contributed by atoms with Gasteiger partial charge in [-0.25, -0.2) is 0 Å². The highest BCUT2D eigenvalue weighted by Crippen LogP contribution is 2.31. The van der Waals surface area contributed by atoms with Crippen LogP contribution in [0.2, 0.25) is 0 Å². The van der Waals surface area contributed by atoms with Crippen LogP contribution >= 0.6 is 0 Å². The zero-order chi connectivity index (χ0) is 19.6. The molecule has 1 atom stereocenters. The number of hydrogen-bond donors (Lipinski definition) is 3. The van der Waals surface area contributed by atoms with Crippen LogP contribution in [0.5, 0.6) is 0 Å². The molecule has 1 aliphatic rings. The SMILES string of the molecule is NCc1ccc(C(=O)NCC2(O)CCN(c3ccnc4ccncc34)C2)cc1. The van der Waals surface area contributed by atoms with Crippen LogP contribution in [-0.2, 0) is 6.54 Å². The van der Waals surface area contributed by atoms with E-state index in [4.69, 9.17) is 5.73 Å². The maximum atomic E-state index is 12.4. The van der Waals surface area contributed by atoms with Crippen LogP contribution in [0.1, 0.15) is 22.3 Å². The molecule has 0 spiro atoms. The summed E-state index contributed by atoms with van der Waals surface area (Å²) in [6, 6.07) is 11.0. The van der Waals surface area contributed by atoms with Gasteiger partial charge in [-0.2, -0.15) is 0 Å². The van der Waals surface area contributed by atoms with Crippen LogP contribution in [0.4, 0.5) is 5.69 Å². The summed E-state index contributed by atoms with van der Waals surface area (Å²) in [6.45, 7) is 1.78. The van der Waals surface area contributed by atoms with Crippen molar-refractivity contribution in [3.63, 3.8) is 0 Å². The Labute approximate surface area is 163 Å². The summed E-state index contributed by atoms with van der Waals surface area (Å²) < 4.78 is 0. The first-order chi connectivity index (χ1) is 13.6. The van der Waals surface area contributed by atoms with E-state index in [1.807, 2.05) is 24.3 Å². The lowest BCUT2D eigenvalue weighted by molar-refractivity contribution is 0.0576. The number of anilines is 1. The Morgan fingerprint density at radius 1 is 1.21 bits per heavy atom. The van der Waals surface area contributed by atoms with Gasteiger partial charge in [0, 0.05) is 61.4 Å². The van der Waals surface area contributed by atoms with Crippen molar-refractivity contribution in [2.24, 2.45) is 5.73 Å². The Hall–Kier alpha value is -3.03. The number of fused-ring (bicyclic) bond motifs is 1. The number of nitrogens with one attached hydrogen (secondary N) is 1. The van der Waals surface area contributed by atoms with Crippen molar-refractivity contribution in [1.82, 2.24) is 15.3 Å². The van der Waals surface area contributed by atoms with Gasteiger partial charge >= 0.3 is 0 Å². The average molecular weight is 377 g/mol. The van der Waals surface area contributed by atoms with Gasteiger partial charge in [0.2, 0.25) is 0 Å². The van der Waals surface area contributed by atoms with Crippen LogP contribution in [0.15, 0.2) is 55.0 Å². The predicted octanol–water partition coefficient (Wildman–Crippen LogP) is 1.46. The number of benzene rings is 1. The topological polar surface area (TPSA) is 104 Å². The fraction of sp³-hybridized carbons (Fsp3) is 0.286. The largest absolute Gasteiger partial charge is 0.386 e. The van der Waals surface area contributed by atoms with E-state index < -0.39 is 5.60 Å². The van der Waals surface area contributed by atoms with E-state index in [0.29, 0.717) is 31.6 Å². The first-order valence-corrected chi connectivity index (χ1v) is 9.31. The molecule has 2 aromatic heterocycles. The van der Waals surface area contributed by atoms with Gasteiger partial charge in [-0.3, -0.25) is 14.8 Å². The molecule has 1 fully saturated rings. The van der Waals surface area contributed by atoms with E-state index in [2.05, 4.69) is 20.2 Å². The summed E-state index contributed by atoms with van der Waals surface area (Å²) in [5.41, 5.74) is 8.00. The minimum absolute atomic E-state index is 0.197. The lowest BCUT2D eigenvalue weighted by Gasteiger charge is -2.25. The quantitative estimate of drug-likeness (QED) is 0.622. The van der Waals surface area contributed by atoms with Crippen molar-refractivity contribution in [1.29, 1.82) is 0 Å². The fourth-order valence-corrected chi connectivity index (χ4v) is 3.60. The van der Waals surface area contributed by atoms with Crippen LogP contribution in [-0.4, -0.2) is 46.2 Å². The molecule has 0 radical (unpaired) electrons. The van der Waals surface area contributed by atoms with Gasteiger partial charge in [0.1, 0.15) is 5.60 Å². The summed E-state index contributed by atoms with van der Waals surface area (Å²) in [7, 11) is 0. The van der Waals surface area contributed by atoms with Gasteiger partial charge in [-0.1, -0.05) is 12.1 Å². The normalized spacial score (nSPS) is 19.1. The molecular formula is C21H23N5O2. The zero-order valence-corrected chi connectivity index (χ0v) is 15.5. The molecule has 3 heterocycles. The Balaban J connectivity index is 1.43. The summed E-state index contributed by atoms with van der Waals surface area (Å²) in [4.78, 5) is 23.1. The number of pyridine rings is 2. The van der Waals surface area contributed by atoms with Gasteiger partial charge < -0.3 is 21.1 Å². The second-order valence-corrected chi connectivity index (χ2v) is 7.20. The molecule has 3 aromatic rings. The van der Waals surface area contributed by atoms with Crippen molar-refractivity contribution in [2.45, 2.75) is 18.6 Å². The maximum Gasteiger partial charge on any atom is 0.251 e. The lowest BCUT2D eigenvalue weighted by atomic mass is 10.0. The van der Waals surface area contributed by atoms with Crippen molar-refractivity contribution in [3.05, 3.63) is 66.1 Å². The van der Waals surface area contributed by atoms with Crippen molar-refractivity contribution in [3.8, 4) is 0 Å². The monoisotopic (exact) mass is 377 g/mol. The van der Waals surface area contributed by atoms with E-state index >= 15 is 0 Å². The molecule has 4 N–H and O–H groups in total. The first-order valence-electron chi connectivity index (χ1n) is 9.31. The molecule has 7 nitrogen and oxygen atoms in total. The van der Waals surface area contributed by atoms with Crippen LogP contribution in [0, 0.1) is 0 Å². The van der Waals surface area contributed by atoms with E-state index in [0.717, 1.165) is 22.2 Å². The average Bonchev–Trinajstić information content (AvgIpc) is 3.14. The Morgan fingerprint density at radius 3 is 2.82 bits per heavy atom. The smallest absolute Gasteiger partial charge is 0.251 e. The van der Waals surface area contributed by atoms with Crippen LogP contribution in [0.25, 0.3) is 10.9 Å². The number of carbonyl (C=O) groups excluding carboxylic acids is 1. The Kier molecular flexibility index (Phi) is 4.93. The third kappa shape index (κ3) is 3.67. The molecule has 1 aromatic carbocycles. The Morgan fingerprint density at radius 2 is 2.04 bits per heavy atom. The molecule has 0 saturated carbocycles. The summed E-state index contributed by atoms with van der Waals surface area (Å²) >= 11 is 0. The summed E-state index contributed by atoms with van der Waals surface area (Å²) in [5, 5.41) is 14.8. The van der Waals surface area contributed by atoms with Crippen LogP contribution < -0.4 is 16.0 Å². The molecule has 1 unspecified atom stereocenters. The number of nitrogens with zero attached hydrogens (tertiary/aromatic N) is 3. The molecule has 4 rings (SSSR count). The predicted molar refractivity (Wildman–Crippen MR) is 108 cm³/mol. The highest BCUT2D eigenvalue weighted by Gasteiger charge is 2.37. The number of carbonyl (C=O) groups is 1. The third-order valence-electron chi connectivity index (χ3n) is 5.22. The molecule has 1 saturated heterocycles.